The summed E-state index contributed by atoms with van der Waals surface area (Å²) in [6.07, 6.45) is 5.01. The van der Waals surface area contributed by atoms with Crippen molar-refractivity contribution < 1.29 is 18.1 Å². The fourth-order valence-electron chi connectivity index (χ4n) is 3.70. The average molecular weight is 432 g/mol. The largest absolute Gasteiger partial charge is 0.341 e. The number of nitrogens with zero attached hydrogens (tertiary/aromatic N) is 3. The molecule has 0 saturated heterocycles. The third-order valence-electron chi connectivity index (χ3n) is 5.45. The van der Waals surface area contributed by atoms with Gasteiger partial charge in [0.2, 0.25) is 5.91 Å². The van der Waals surface area contributed by atoms with Crippen LogP contribution < -0.4 is 4.31 Å². The van der Waals surface area contributed by atoms with Gasteiger partial charge in [-0.05, 0) is 31.0 Å². The molecule has 0 atom stereocenters. The SMILES string of the molecule is CN(C(=O)CN(c1cccc([N+](=O)[O-])c1)S(=O)(=O)c1ccccc1)C1CCCCC1. The summed E-state index contributed by atoms with van der Waals surface area (Å²) in [7, 11) is -2.40. The monoisotopic (exact) mass is 431 g/mol. The molecule has 30 heavy (non-hydrogen) atoms. The van der Waals surface area contributed by atoms with Crippen LogP contribution in [-0.4, -0.2) is 43.8 Å². The summed E-state index contributed by atoms with van der Waals surface area (Å²) in [5.41, 5.74) is -0.160. The molecular formula is C21H25N3O5S. The van der Waals surface area contributed by atoms with E-state index < -0.39 is 21.5 Å². The summed E-state index contributed by atoms with van der Waals surface area (Å²) >= 11 is 0. The van der Waals surface area contributed by atoms with E-state index in [1.807, 2.05) is 0 Å². The standard InChI is InChI=1S/C21H25N3O5S/c1-22(17-9-4-2-5-10-17)21(25)16-23(18-11-8-12-19(15-18)24(26)27)30(28,29)20-13-6-3-7-14-20/h3,6-8,11-15,17H,2,4-5,9-10,16H2,1H3. The van der Waals surface area contributed by atoms with E-state index in [9.17, 15) is 23.3 Å². The lowest BCUT2D eigenvalue weighted by Gasteiger charge is -2.33. The van der Waals surface area contributed by atoms with Crippen LogP contribution in [0.15, 0.2) is 59.5 Å². The van der Waals surface area contributed by atoms with Crippen LogP contribution in [0.1, 0.15) is 32.1 Å². The Labute approximate surface area is 176 Å². The number of hydrogen-bond acceptors (Lipinski definition) is 5. The molecule has 0 aromatic heterocycles. The molecule has 0 unspecified atom stereocenters. The highest BCUT2D eigenvalue weighted by atomic mass is 32.2. The number of likely N-dealkylation sites (N-methyl/N-ethyl adjacent to an activating group) is 1. The lowest BCUT2D eigenvalue weighted by Crippen LogP contribution is -2.45. The fourth-order valence-corrected chi connectivity index (χ4v) is 5.13. The molecule has 9 heteroatoms. The smallest absolute Gasteiger partial charge is 0.271 e. The Hall–Kier alpha value is -2.94. The first-order valence-corrected chi connectivity index (χ1v) is 11.3. The van der Waals surface area contributed by atoms with E-state index >= 15 is 0 Å². The van der Waals surface area contributed by atoms with Crippen LogP contribution in [0.2, 0.25) is 0 Å². The Balaban J connectivity index is 1.96. The molecule has 0 N–H and O–H groups in total. The summed E-state index contributed by atoms with van der Waals surface area (Å²) in [4.78, 5) is 25.2. The van der Waals surface area contributed by atoms with Crippen LogP contribution in [0.3, 0.4) is 0 Å². The Morgan fingerprint density at radius 3 is 2.37 bits per heavy atom. The highest BCUT2D eigenvalue weighted by molar-refractivity contribution is 7.92. The van der Waals surface area contributed by atoms with Gasteiger partial charge in [0.05, 0.1) is 15.5 Å². The minimum atomic E-state index is -4.09. The number of anilines is 1. The molecule has 160 valence electrons. The van der Waals surface area contributed by atoms with Crippen molar-refractivity contribution in [3.8, 4) is 0 Å². The summed E-state index contributed by atoms with van der Waals surface area (Å²) in [6, 6.07) is 13.2. The second kappa shape index (κ2) is 9.25. The van der Waals surface area contributed by atoms with Crippen LogP contribution in [0.4, 0.5) is 11.4 Å². The van der Waals surface area contributed by atoms with E-state index in [0.717, 1.165) is 36.4 Å². The van der Waals surface area contributed by atoms with Crippen molar-refractivity contribution in [2.24, 2.45) is 0 Å². The van der Waals surface area contributed by atoms with E-state index in [-0.39, 0.29) is 28.2 Å². The van der Waals surface area contributed by atoms with E-state index in [1.54, 1.807) is 30.1 Å². The first-order valence-electron chi connectivity index (χ1n) is 9.88. The van der Waals surface area contributed by atoms with Crippen molar-refractivity contribution >= 4 is 27.3 Å². The molecule has 2 aromatic carbocycles. The summed E-state index contributed by atoms with van der Waals surface area (Å²) in [6.45, 7) is -0.425. The maximum atomic E-state index is 13.3. The van der Waals surface area contributed by atoms with Crippen molar-refractivity contribution in [1.29, 1.82) is 0 Å². The fraction of sp³-hybridized carbons (Fsp3) is 0.381. The van der Waals surface area contributed by atoms with Crippen molar-refractivity contribution in [2.75, 3.05) is 17.9 Å². The van der Waals surface area contributed by atoms with Crippen LogP contribution in [0.25, 0.3) is 0 Å². The van der Waals surface area contributed by atoms with Crippen molar-refractivity contribution in [3.05, 3.63) is 64.7 Å². The average Bonchev–Trinajstić information content (AvgIpc) is 2.78. The molecule has 0 aliphatic heterocycles. The Kier molecular flexibility index (Phi) is 6.71. The topological polar surface area (TPSA) is 101 Å². The lowest BCUT2D eigenvalue weighted by molar-refractivity contribution is -0.384. The molecule has 1 amide bonds. The Morgan fingerprint density at radius 1 is 1.07 bits per heavy atom. The van der Waals surface area contributed by atoms with Crippen LogP contribution in [-0.2, 0) is 14.8 Å². The number of non-ortho nitro benzene ring substituents is 1. The third-order valence-corrected chi connectivity index (χ3v) is 7.24. The van der Waals surface area contributed by atoms with Gasteiger partial charge >= 0.3 is 0 Å². The van der Waals surface area contributed by atoms with E-state index in [0.29, 0.717) is 0 Å². The summed E-state index contributed by atoms with van der Waals surface area (Å²) in [5.74, 6) is -0.340. The predicted octanol–water partition coefficient (Wildman–Crippen LogP) is 3.58. The number of hydrogen-bond donors (Lipinski definition) is 0. The molecule has 1 aliphatic carbocycles. The summed E-state index contributed by atoms with van der Waals surface area (Å²) in [5, 5.41) is 11.2. The molecule has 0 bridgehead atoms. The summed E-state index contributed by atoms with van der Waals surface area (Å²) < 4.78 is 27.6. The first kappa shape index (κ1) is 21.8. The van der Waals surface area contributed by atoms with E-state index in [1.165, 1.54) is 36.4 Å². The Bertz CT molecular complexity index is 1000. The zero-order valence-corrected chi connectivity index (χ0v) is 17.6. The molecule has 0 spiro atoms. The number of amides is 1. The zero-order chi connectivity index (χ0) is 21.7. The van der Waals surface area contributed by atoms with Gasteiger partial charge in [-0.3, -0.25) is 19.2 Å². The van der Waals surface area contributed by atoms with Crippen molar-refractivity contribution in [3.63, 3.8) is 0 Å². The van der Waals surface area contributed by atoms with Crippen LogP contribution >= 0.6 is 0 Å². The van der Waals surface area contributed by atoms with Gasteiger partial charge < -0.3 is 4.90 Å². The molecule has 1 saturated carbocycles. The number of sulfonamides is 1. The molecular weight excluding hydrogens is 406 g/mol. The minimum Gasteiger partial charge on any atom is -0.341 e. The number of carbonyl (C=O) groups is 1. The van der Waals surface area contributed by atoms with Gasteiger partial charge in [-0.2, -0.15) is 0 Å². The second-order valence-electron chi connectivity index (χ2n) is 7.40. The molecule has 1 aliphatic rings. The maximum absolute atomic E-state index is 13.3. The molecule has 0 radical (unpaired) electrons. The van der Waals surface area contributed by atoms with Crippen LogP contribution in [0, 0.1) is 10.1 Å². The minimum absolute atomic E-state index is 0.0182. The van der Waals surface area contributed by atoms with Crippen LogP contribution in [0.5, 0.6) is 0 Å². The highest BCUT2D eigenvalue weighted by Crippen LogP contribution is 2.28. The molecule has 1 fully saturated rings. The van der Waals surface area contributed by atoms with Gasteiger partial charge in [0, 0.05) is 25.2 Å². The number of benzene rings is 2. The highest BCUT2D eigenvalue weighted by Gasteiger charge is 2.31. The number of nitro benzene ring substituents is 1. The molecule has 2 aromatic rings. The third kappa shape index (κ3) is 4.79. The number of carbonyl (C=O) groups excluding carboxylic acids is 1. The van der Waals surface area contributed by atoms with Gasteiger partial charge in [0.1, 0.15) is 6.54 Å². The lowest BCUT2D eigenvalue weighted by atomic mass is 9.94. The molecule has 3 rings (SSSR count). The molecule has 0 heterocycles. The van der Waals surface area contributed by atoms with Crippen molar-refractivity contribution in [2.45, 2.75) is 43.0 Å². The first-order chi connectivity index (χ1) is 14.3. The molecule has 8 nitrogen and oxygen atoms in total. The second-order valence-corrected chi connectivity index (χ2v) is 9.26. The number of rotatable bonds is 7. The van der Waals surface area contributed by atoms with Gasteiger partial charge in [-0.25, -0.2) is 8.42 Å². The normalized spacial score (nSPS) is 14.8. The predicted molar refractivity (Wildman–Crippen MR) is 114 cm³/mol. The van der Waals surface area contributed by atoms with E-state index in [2.05, 4.69) is 0 Å². The van der Waals surface area contributed by atoms with Crippen molar-refractivity contribution in [1.82, 2.24) is 4.90 Å². The van der Waals surface area contributed by atoms with Gasteiger partial charge in [0.15, 0.2) is 0 Å². The van der Waals surface area contributed by atoms with Gasteiger partial charge in [-0.15, -0.1) is 0 Å². The maximum Gasteiger partial charge on any atom is 0.271 e. The van der Waals surface area contributed by atoms with E-state index in [4.69, 9.17) is 0 Å². The quantitative estimate of drug-likeness (QED) is 0.493. The Morgan fingerprint density at radius 2 is 1.73 bits per heavy atom. The zero-order valence-electron chi connectivity index (χ0n) is 16.8. The number of nitro groups is 1. The van der Waals surface area contributed by atoms with Gasteiger partial charge in [0.25, 0.3) is 15.7 Å². The van der Waals surface area contributed by atoms with Gasteiger partial charge in [-0.1, -0.05) is 43.5 Å².